The van der Waals surface area contributed by atoms with Gasteiger partial charge < -0.3 is 15.0 Å². The number of carbonyl (C=O) groups excluding carboxylic acids is 2. The van der Waals surface area contributed by atoms with E-state index in [0.717, 1.165) is 11.0 Å². The van der Waals surface area contributed by atoms with Crippen molar-refractivity contribution in [2.45, 2.75) is 39.3 Å². The largest absolute Gasteiger partial charge is 0.444 e. The minimum Gasteiger partial charge on any atom is -0.444 e. The zero-order valence-corrected chi connectivity index (χ0v) is 14.2. The van der Waals surface area contributed by atoms with Crippen LogP contribution in [0.2, 0.25) is 0 Å². The summed E-state index contributed by atoms with van der Waals surface area (Å²) >= 11 is 0. The molecule has 0 aliphatic heterocycles. The van der Waals surface area contributed by atoms with Gasteiger partial charge in [0.05, 0.1) is 5.56 Å². The van der Waals surface area contributed by atoms with E-state index in [2.05, 4.69) is 5.32 Å². The molecule has 134 valence electrons. The number of rotatable bonds is 4. The monoisotopic (exact) mass is 346 g/mol. The third kappa shape index (κ3) is 5.43. The van der Waals surface area contributed by atoms with Crippen LogP contribution < -0.4 is 5.32 Å². The van der Waals surface area contributed by atoms with Gasteiger partial charge in [0.2, 0.25) is 0 Å². The van der Waals surface area contributed by atoms with E-state index >= 15 is 0 Å². The molecule has 1 N–H and O–H groups in total. The quantitative estimate of drug-likeness (QED) is 0.853. The van der Waals surface area contributed by atoms with E-state index in [1.807, 2.05) is 0 Å². The molecule has 0 bridgehead atoms. The summed E-state index contributed by atoms with van der Waals surface area (Å²) in [6.45, 7) is 6.77. The number of benzene rings is 1. The Morgan fingerprint density at radius 3 is 2.33 bits per heavy atom. The molecule has 2 amide bonds. The van der Waals surface area contributed by atoms with E-state index in [1.165, 1.54) is 7.05 Å². The van der Waals surface area contributed by atoms with Crippen molar-refractivity contribution in [3.05, 3.63) is 35.1 Å². The van der Waals surface area contributed by atoms with Crippen LogP contribution >= 0.6 is 0 Å². The number of nitrogens with one attached hydrogen (secondary N) is 1. The first kappa shape index (κ1) is 19.8. The first-order valence-corrected chi connectivity index (χ1v) is 7.31. The Morgan fingerprint density at radius 2 is 1.79 bits per heavy atom. The fourth-order valence-electron chi connectivity index (χ4n) is 1.94. The Balaban J connectivity index is 2.71. The highest BCUT2D eigenvalue weighted by Crippen LogP contribution is 2.16. The second-order valence-corrected chi connectivity index (χ2v) is 6.46. The molecule has 0 heterocycles. The van der Waals surface area contributed by atoms with Crippen LogP contribution in [0.25, 0.3) is 0 Å². The SMILES string of the molecule is C[C@@H](CN(C)C(=O)c1ccc(F)c(F)c1F)NC(=O)OC(C)(C)C. The molecule has 0 spiro atoms. The smallest absolute Gasteiger partial charge is 0.407 e. The minimum atomic E-state index is -1.70. The normalized spacial score (nSPS) is 12.5. The van der Waals surface area contributed by atoms with Crippen LogP contribution in [0.15, 0.2) is 12.1 Å². The first-order valence-electron chi connectivity index (χ1n) is 7.31. The highest BCUT2D eigenvalue weighted by Gasteiger charge is 2.23. The maximum Gasteiger partial charge on any atom is 0.407 e. The predicted octanol–water partition coefficient (Wildman–Crippen LogP) is 3.09. The van der Waals surface area contributed by atoms with Gasteiger partial charge in [-0.1, -0.05) is 0 Å². The molecule has 0 aliphatic carbocycles. The fraction of sp³-hybridized carbons (Fsp3) is 0.500. The zero-order chi connectivity index (χ0) is 18.7. The standard InChI is InChI=1S/C16H21F3N2O3/c1-9(20-15(23)24-16(2,3)4)8-21(5)14(22)10-6-7-11(17)13(19)12(10)18/h6-7,9H,8H2,1-5H3,(H,20,23)/t9-/m0/s1. The van der Waals surface area contributed by atoms with Crippen LogP contribution in [0.1, 0.15) is 38.1 Å². The van der Waals surface area contributed by atoms with Crippen LogP contribution in [-0.4, -0.2) is 42.1 Å². The number of halogens is 3. The molecule has 0 aromatic heterocycles. The lowest BCUT2D eigenvalue weighted by Crippen LogP contribution is -2.44. The molecule has 5 nitrogen and oxygen atoms in total. The lowest BCUT2D eigenvalue weighted by molar-refractivity contribution is 0.0491. The topological polar surface area (TPSA) is 58.6 Å². The van der Waals surface area contributed by atoms with Crippen molar-refractivity contribution in [3.8, 4) is 0 Å². The molecule has 0 saturated carbocycles. The van der Waals surface area contributed by atoms with Gasteiger partial charge in [-0.15, -0.1) is 0 Å². The highest BCUT2D eigenvalue weighted by molar-refractivity contribution is 5.94. The van der Waals surface area contributed by atoms with Gasteiger partial charge >= 0.3 is 6.09 Å². The van der Waals surface area contributed by atoms with Crippen molar-refractivity contribution in [1.82, 2.24) is 10.2 Å². The Kier molecular flexibility index (Phi) is 6.22. The maximum absolute atomic E-state index is 13.7. The average Bonchev–Trinajstić information content (AvgIpc) is 2.41. The number of likely N-dealkylation sites (N-methyl/N-ethyl adjacent to an activating group) is 1. The molecule has 24 heavy (non-hydrogen) atoms. The first-order chi connectivity index (χ1) is 10.9. The number of hydrogen-bond acceptors (Lipinski definition) is 3. The van der Waals surface area contributed by atoms with Gasteiger partial charge in [-0.3, -0.25) is 4.79 Å². The number of carbonyl (C=O) groups is 2. The summed E-state index contributed by atoms with van der Waals surface area (Å²) in [4.78, 5) is 24.9. The molecule has 0 fully saturated rings. The number of ether oxygens (including phenoxy) is 1. The summed E-state index contributed by atoms with van der Waals surface area (Å²) in [5.74, 6) is -5.44. The van der Waals surface area contributed by atoms with E-state index in [9.17, 15) is 22.8 Å². The number of nitrogens with zero attached hydrogens (tertiary/aromatic N) is 1. The van der Waals surface area contributed by atoms with Crippen molar-refractivity contribution in [2.75, 3.05) is 13.6 Å². The predicted molar refractivity (Wildman–Crippen MR) is 82.1 cm³/mol. The summed E-state index contributed by atoms with van der Waals surface area (Å²) < 4.78 is 44.9. The summed E-state index contributed by atoms with van der Waals surface area (Å²) in [5.41, 5.74) is -1.25. The van der Waals surface area contributed by atoms with E-state index in [0.29, 0.717) is 6.07 Å². The molecule has 1 aromatic carbocycles. The second kappa shape index (κ2) is 7.55. The van der Waals surface area contributed by atoms with E-state index in [4.69, 9.17) is 4.74 Å². The van der Waals surface area contributed by atoms with Crippen molar-refractivity contribution < 1.29 is 27.5 Å². The molecule has 0 aliphatic rings. The van der Waals surface area contributed by atoms with Crippen molar-refractivity contribution in [2.24, 2.45) is 0 Å². The summed E-state index contributed by atoms with van der Waals surface area (Å²) in [6.07, 6.45) is -0.658. The van der Waals surface area contributed by atoms with Crippen LogP contribution in [0, 0.1) is 17.5 Å². The number of alkyl carbamates (subject to hydrolysis) is 1. The number of hydrogen-bond donors (Lipinski definition) is 1. The maximum atomic E-state index is 13.7. The van der Waals surface area contributed by atoms with Crippen LogP contribution in [0.4, 0.5) is 18.0 Å². The molecular weight excluding hydrogens is 325 g/mol. The van der Waals surface area contributed by atoms with Gasteiger partial charge in [-0.25, -0.2) is 18.0 Å². The Hall–Kier alpha value is -2.25. The third-order valence-corrected chi connectivity index (χ3v) is 2.92. The summed E-state index contributed by atoms with van der Waals surface area (Å²) in [5, 5.41) is 2.53. The molecule has 0 unspecified atom stereocenters. The van der Waals surface area contributed by atoms with E-state index < -0.39 is 46.7 Å². The Bertz CT molecular complexity index is 630. The lowest BCUT2D eigenvalue weighted by atomic mass is 10.1. The Morgan fingerprint density at radius 1 is 1.21 bits per heavy atom. The van der Waals surface area contributed by atoms with Crippen LogP contribution in [-0.2, 0) is 4.74 Å². The van der Waals surface area contributed by atoms with Gasteiger partial charge in [0, 0.05) is 19.6 Å². The Labute approximate surface area is 138 Å². The molecule has 1 atom stereocenters. The van der Waals surface area contributed by atoms with Gasteiger partial charge in [0.1, 0.15) is 5.60 Å². The zero-order valence-electron chi connectivity index (χ0n) is 14.2. The van der Waals surface area contributed by atoms with Gasteiger partial charge in [0.25, 0.3) is 5.91 Å². The van der Waals surface area contributed by atoms with E-state index in [-0.39, 0.29) is 6.54 Å². The van der Waals surface area contributed by atoms with Gasteiger partial charge in [-0.05, 0) is 39.8 Å². The fourth-order valence-corrected chi connectivity index (χ4v) is 1.94. The summed E-state index contributed by atoms with van der Waals surface area (Å²) in [7, 11) is 1.36. The van der Waals surface area contributed by atoms with Crippen molar-refractivity contribution >= 4 is 12.0 Å². The molecule has 8 heteroatoms. The van der Waals surface area contributed by atoms with Crippen LogP contribution in [0.3, 0.4) is 0 Å². The molecule has 0 saturated heterocycles. The second-order valence-electron chi connectivity index (χ2n) is 6.46. The highest BCUT2D eigenvalue weighted by atomic mass is 19.2. The average molecular weight is 346 g/mol. The van der Waals surface area contributed by atoms with Crippen molar-refractivity contribution in [3.63, 3.8) is 0 Å². The lowest BCUT2D eigenvalue weighted by Gasteiger charge is -2.25. The van der Waals surface area contributed by atoms with Gasteiger partial charge in [0.15, 0.2) is 17.5 Å². The van der Waals surface area contributed by atoms with E-state index in [1.54, 1.807) is 27.7 Å². The minimum absolute atomic E-state index is 0.0243. The molecular formula is C16H21F3N2O3. The summed E-state index contributed by atoms with van der Waals surface area (Å²) in [6, 6.07) is 1.06. The molecule has 1 rings (SSSR count). The molecule has 1 aromatic rings. The molecule has 0 radical (unpaired) electrons. The van der Waals surface area contributed by atoms with Gasteiger partial charge in [-0.2, -0.15) is 0 Å². The van der Waals surface area contributed by atoms with Crippen molar-refractivity contribution in [1.29, 1.82) is 0 Å². The van der Waals surface area contributed by atoms with Crippen LogP contribution in [0.5, 0.6) is 0 Å². The third-order valence-electron chi connectivity index (χ3n) is 2.92. The number of amides is 2.